The van der Waals surface area contributed by atoms with Crippen molar-refractivity contribution in [2.45, 2.75) is 26.0 Å². The number of H-pyrrole nitrogens is 1. The van der Waals surface area contributed by atoms with Gasteiger partial charge in [0, 0.05) is 20.6 Å². The van der Waals surface area contributed by atoms with E-state index in [0.717, 1.165) is 0 Å². The summed E-state index contributed by atoms with van der Waals surface area (Å²) in [4.78, 5) is 33.9. The van der Waals surface area contributed by atoms with Crippen molar-refractivity contribution < 1.29 is 8.10 Å². The molecule has 10 heteroatoms. The van der Waals surface area contributed by atoms with Gasteiger partial charge >= 0.3 is 0 Å². The van der Waals surface area contributed by atoms with Crippen LogP contribution in [0.1, 0.15) is 13.3 Å². The van der Waals surface area contributed by atoms with Gasteiger partial charge in [-0.2, -0.15) is 8.20 Å². The summed E-state index contributed by atoms with van der Waals surface area (Å²) in [5, 5.41) is 0. The van der Waals surface area contributed by atoms with Crippen LogP contribution in [0.25, 0.3) is 11.2 Å². The molecule has 120 valence electrons. The first-order chi connectivity index (χ1) is 10.5. The zero-order valence-corrected chi connectivity index (χ0v) is 14.6. The Bertz CT molecular complexity index is 710. The molecule has 1 atom stereocenters. The number of hydrogen-bond donors (Lipinski definition) is 1. The van der Waals surface area contributed by atoms with Gasteiger partial charge in [0.15, 0.2) is 34.2 Å². The zero-order chi connectivity index (χ0) is 16.1. The number of aryl methyl sites for hydroxylation is 1. The van der Waals surface area contributed by atoms with Crippen LogP contribution in [0.5, 0.6) is 0 Å². The summed E-state index contributed by atoms with van der Waals surface area (Å²) in [5.41, 5.74) is 0.481. The maximum atomic E-state index is 12.0. The van der Waals surface area contributed by atoms with E-state index in [1.807, 2.05) is 21.0 Å². The molecular weight excluding hydrogens is 403 g/mol. The Kier molecular flexibility index (Phi) is 5.85. The molecule has 0 bridgehead atoms. The molecule has 2 rings (SSSR count). The first-order valence-corrected chi connectivity index (χ1v) is 7.49. The van der Waals surface area contributed by atoms with Gasteiger partial charge in [0.2, 0.25) is 5.95 Å². The van der Waals surface area contributed by atoms with Crippen molar-refractivity contribution in [3.05, 3.63) is 16.7 Å². The zero-order valence-electron chi connectivity index (χ0n) is 12.5. The van der Waals surface area contributed by atoms with Gasteiger partial charge in [-0.3, -0.25) is 9.78 Å². The van der Waals surface area contributed by atoms with Crippen LogP contribution in [-0.4, -0.2) is 51.0 Å². The van der Waals surface area contributed by atoms with Crippen molar-refractivity contribution in [3.8, 4) is 0 Å². The summed E-state index contributed by atoms with van der Waals surface area (Å²) >= 11 is 1.67. The number of aliphatic imine (C=N–C) groups is 1. The summed E-state index contributed by atoms with van der Waals surface area (Å²) in [7, 11) is 3.67. The van der Waals surface area contributed by atoms with Crippen molar-refractivity contribution >= 4 is 46.5 Å². The second-order valence-electron chi connectivity index (χ2n) is 4.97. The Hall–Kier alpha value is -1.53. The van der Waals surface area contributed by atoms with Gasteiger partial charge in [-0.05, 0) is 13.3 Å². The maximum absolute atomic E-state index is 12.0. The van der Waals surface area contributed by atoms with Gasteiger partial charge in [-0.15, -0.1) is 0 Å². The van der Waals surface area contributed by atoms with Crippen LogP contribution < -0.4 is 5.56 Å². The van der Waals surface area contributed by atoms with Crippen LogP contribution in [0.2, 0.25) is 0 Å². The van der Waals surface area contributed by atoms with Gasteiger partial charge in [0.25, 0.3) is 5.56 Å². The van der Waals surface area contributed by atoms with Crippen molar-refractivity contribution in [2.75, 3.05) is 14.1 Å². The second-order valence-corrected chi connectivity index (χ2v) is 5.33. The lowest BCUT2D eigenvalue weighted by Gasteiger charge is -2.09. The third-order valence-electron chi connectivity index (χ3n) is 2.85. The molecule has 0 aliphatic heterocycles. The topological polar surface area (TPSA) is 97.6 Å². The van der Waals surface area contributed by atoms with Crippen molar-refractivity contribution in [1.29, 1.82) is 0 Å². The average molecular weight is 420 g/mol. The molecule has 2 aromatic heterocycles. The van der Waals surface area contributed by atoms with E-state index in [4.69, 9.17) is 4.89 Å². The lowest BCUT2D eigenvalue weighted by atomic mass is 10.3. The first kappa shape index (κ1) is 16.8. The standard InChI is InChI=1S/C12H17IN6O3/c1-8(21-22-13)4-5-19-7-14-9-10(19)16-12(17-11(9)20)15-6-18(2)3/h6-8H,4-5H2,1-3H3,(H,16,17,20)/b15-6+. The normalized spacial score (nSPS) is 13.1. The molecule has 0 fully saturated rings. The number of rotatable bonds is 7. The van der Waals surface area contributed by atoms with Gasteiger partial charge in [-0.1, -0.05) is 0 Å². The van der Waals surface area contributed by atoms with Gasteiger partial charge < -0.3 is 9.47 Å². The fourth-order valence-corrected chi connectivity index (χ4v) is 2.12. The van der Waals surface area contributed by atoms with Gasteiger partial charge in [0.05, 0.1) is 18.8 Å². The minimum absolute atomic E-state index is 0.0809. The van der Waals surface area contributed by atoms with E-state index < -0.39 is 0 Å². The van der Waals surface area contributed by atoms with Crippen LogP contribution >= 0.6 is 23.0 Å². The molecule has 1 unspecified atom stereocenters. The fourth-order valence-electron chi connectivity index (χ4n) is 1.77. The highest BCUT2D eigenvalue weighted by molar-refractivity contribution is 14.1. The number of fused-ring (bicyclic) bond motifs is 1. The molecule has 0 amide bonds. The molecule has 9 nitrogen and oxygen atoms in total. The Morgan fingerprint density at radius 3 is 3.05 bits per heavy atom. The summed E-state index contributed by atoms with van der Waals surface area (Å²) in [5.74, 6) is 0.243. The maximum Gasteiger partial charge on any atom is 0.280 e. The molecule has 1 N–H and O–H groups in total. The van der Waals surface area contributed by atoms with Crippen LogP contribution in [0.3, 0.4) is 0 Å². The summed E-state index contributed by atoms with van der Waals surface area (Å²) in [6.07, 6.45) is 3.77. The van der Waals surface area contributed by atoms with E-state index >= 15 is 0 Å². The third-order valence-corrected chi connectivity index (χ3v) is 3.06. The van der Waals surface area contributed by atoms with Crippen molar-refractivity contribution in [3.63, 3.8) is 0 Å². The minimum atomic E-state index is -0.311. The number of hydrogen-bond acceptors (Lipinski definition) is 6. The molecule has 0 aromatic carbocycles. The van der Waals surface area contributed by atoms with E-state index in [1.54, 1.807) is 45.1 Å². The molecule has 0 radical (unpaired) electrons. The highest BCUT2D eigenvalue weighted by Gasteiger charge is 2.11. The number of nitrogens with zero attached hydrogens (tertiary/aromatic N) is 5. The average Bonchev–Trinajstić information content (AvgIpc) is 2.87. The molecule has 22 heavy (non-hydrogen) atoms. The smallest absolute Gasteiger partial charge is 0.280 e. The lowest BCUT2D eigenvalue weighted by Crippen LogP contribution is -2.12. The Morgan fingerprint density at radius 2 is 2.36 bits per heavy atom. The van der Waals surface area contributed by atoms with E-state index in [-0.39, 0.29) is 17.6 Å². The molecule has 0 saturated heterocycles. The Labute approximate surface area is 141 Å². The second kappa shape index (κ2) is 7.65. The molecule has 0 aliphatic carbocycles. The number of nitrogens with one attached hydrogen (secondary N) is 1. The largest absolute Gasteiger partial charge is 0.369 e. The minimum Gasteiger partial charge on any atom is -0.369 e. The number of halogens is 1. The fraction of sp³-hybridized carbons (Fsp3) is 0.500. The number of aromatic amines is 1. The number of aromatic nitrogens is 4. The summed E-state index contributed by atoms with van der Waals surface area (Å²) < 4.78 is 6.40. The third kappa shape index (κ3) is 4.24. The highest BCUT2D eigenvalue weighted by Crippen LogP contribution is 2.11. The predicted octanol–water partition coefficient (Wildman–Crippen LogP) is 1.42. The highest BCUT2D eigenvalue weighted by atomic mass is 127. The molecular formula is C12H17IN6O3. The molecule has 2 heterocycles. The SMILES string of the molecule is CC(CCn1cnc2c(=O)[nH]c(/N=C/N(C)C)nc21)OOI. The van der Waals surface area contributed by atoms with Crippen LogP contribution in [0.15, 0.2) is 16.1 Å². The molecule has 0 aliphatic rings. The Morgan fingerprint density at radius 1 is 1.59 bits per heavy atom. The molecule has 2 aromatic rings. The van der Waals surface area contributed by atoms with Crippen LogP contribution in [0, 0.1) is 0 Å². The van der Waals surface area contributed by atoms with Crippen LogP contribution in [-0.2, 0) is 14.6 Å². The Balaban J connectivity index is 2.26. The summed E-state index contributed by atoms with van der Waals surface area (Å²) in [6, 6.07) is 0. The summed E-state index contributed by atoms with van der Waals surface area (Å²) in [6.45, 7) is 2.50. The van der Waals surface area contributed by atoms with Crippen LogP contribution in [0.4, 0.5) is 5.95 Å². The lowest BCUT2D eigenvalue weighted by molar-refractivity contribution is -0.205. The van der Waals surface area contributed by atoms with E-state index in [9.17, 15) is 4.79 Å². The van der Waals surface area contributed by atoms with Gasteiger partial charge in [0.1, 0.15) is 0 Å². The van der Waals surface area contributed by atoms with Crippen molar-refractivity contribution in [1.82, 2.24) is 24.4 Å². The van der Waals surface area contributed by atoms with Crippen molar-refractivity contribution in [2.24, 2.45) is 4.99 Å². The predicted molar refractivity (Wildman–Crippen MR) is 90.3 cm³/mol. The van der Waals surface area contributed by atoms with Gasteiger partial charge in [-0.25, -0.2) is 14.9 Å². The first-order valence-electron chi connectivity index (χ1n) is 6.61. The van der Waals surface area contributed by atoms with E-state index in [0.29, 0.717) is 24.1 Å². The monoisotopic (exact) mass is 420 g/mol. The van der Waals surface area contributed by atoms with E-state index in [1.165, 1.54) is 0 Å². The molecule has 0 saturated carbocycles. The van der Waals surface area contributed by atoms with E-state index in [2.05, 4.69) is 23.2 Å². The number of imidazole rings is 1. The molecule has 0 spiro atoms. The quantitative estimate of drug-likeness (QED) is 0.239.